The van der Waals surface area contributed by atoms with Gasteiger partial charge in [0.15, 0.2) is 0 Å². The normalized spacial score (nSPS) is 14.9. The van der Waals surface area contributed by atoms with Gasteiger partial charge in [-0.05, 0) is 31.4 Å². The average Bonchev–Trinajstić information content (AvgIpc) is 3.18. The smallest absolute Gasteiger partial charge is 0.370 e. The molecule has 1 aromatic heterocycles. The summed E-state index contributed by atoms with van der Waals surface area (Å²) in [5, 5.41) is 5.64. The first-order chi connectivity index (χ1) is 9.45. The van der Waals surface area contributed by atoms with E-state index >= 15 is 0 Å². The molecule has 0 aliphatic heterocycles. The SMILES string of the molecule is O=C(CCCNc1cc(C(F)(F)F)ccn1)NC1CC1. The van der Waals surface area contributed by atoms with E-state index in [1.807, 2.05) is 0 Å². The van der Waals surface area contributed by atoms with Crippen LogP contribution in [0.2, 0.25) is 0 Å². The Bertz CT molecular complexity index is 472. The summed E-state index contributed by atoms with van der Waals surface area (Å²) in [6.07, 6.45) is -0.260. The molecule has 0 spiro atoms. The van der Waals surface area contributed by atoms with Gasteiger partial charge in [0.2, 0.25) is 5.91 Å². The van der Waals surface area contributed by atoms with Crippen LogP contribution in [0, 0.1) is 0 Å². The zero-order valence-corrected chi connectivity index (χ0v) is 10.8. The quantitative estimate of drug-likeness (QED) is 0.791. The van der Waals surface area contributed by atoms with Crippen LogP contribution in [0.15, 0.2) is 18.3 Å². The van der Waals surface area contributed by atoms with E-state index in [4.69, 9.17) is 0 Å². The van der Waals surface area contributed by atoms with Crippen LogP contribution in [0.4, 0.5) is 19.0 Å². The summed E-state index contributed by atoms with van der Waals surface area (Å²) >= 11 is 0. The molecule has 0 radical (unpaired) electrons. The van der Waals surface area contributed by atoms with Gasteiger partial charge in [-0.15, -0.1) is 0 Å². The van der Waals surface area contributed by atoms with Crippen molar-refractivity contribution >= 4 is 11.7 Å². The molecule has 1 amide bonds. The molecule has 0 bridgehead atoms. The number of halogens is 3. The Labute approximate surface area is 114 Å². The lowest BCUT2D eigenvalue weighted by Crippen LogP contribution is -2.25. The Hall–Kier alpha value is -1.79. The minimum Gasteiger partial charge on any atom is -0.370 e. The first kappa shape index (κ1) is 14.6. The number of rotatable bonds is 6. The number of anilines is 1. The van der Waals surface area contributed by atoms with Gasteiger partial charge >= 0.3 is 6.18 Å². The van der Waals surface area contributed by atoms with Crippen molar-refractivity contribution in [3.05, 3.63) is 23.9 Å². The van der Waals surface area contributed by atoms with E-state index in [1.54, 1.807) is 0 Å². The minimum absolute atomic E-state index is 0.00805. The lowest BCUT2D eigenvalue weighted by Gasteiger charge is -2.09. The van der Waals surface area contributed by atoms with Crippen LogP contribution in [0.1, 0.15) is 31.2 Å². The number of amides is 1. The minimum atomic E-state index is -4.37. The highest BCUT2D eigenvalue weighted by Crippen LogP contribution is 2.29. The van der Waals surface area contributed by atoms with E-state index in [0.29, 0.717) is 25.4 Å². The summed E-state index contributed by atoms with van der Waals surface area (Å²) in [5.74, 6) is 0.161. The third-order valence-electron chi connectivity index (χ3n) is 2.92. The van der Waals surface area contributed by atoms with Gasteiger partial charge in [-0.25, -0.2) is 4.98 Å². The van der Waals surface area contributed by atoms with Crippen molar-refractivity contribution < 1.29 is 18.0 Å². The van der Waals surface area contributed by atoms with E-state index in [1.165, 1.54) is 0 Å². The molecule has 2 rings (SSSR count). The van der Waals surface area contributed by atoms with E-state index in [9.17, 15) is 18.0 Å². The zero-order valence-electron chi connectivity index (χ0n) is 10.8. The molecule has 1 heterocycles. The van der Waals surface area contributed by atoms with Crippen molar-refractivity contribution in [1.29, 1.82) is 0 Å². The highest BCUT2D eigenvalue weighted by Gasteiger charge is 2.30. The largest absolute Gasteiger partial charge is 0.416 e. The molecule has 1 aromatic rings. The monoisotopic (exact) mass is 287 g/mol. The lowest BCUT2D eigenvalue weighted by molar-refractivity contribution is -0.137. The van der Waals surface area contributed by atoms with Gasteiger partial charge in [0.1, 0.15) is 5.82 Å². The number of alkyl halides is 3. The first-order valence-corrected chi connectivity index (χ1v) is 6.51. The molecular weight excluding hydrogens is 271 g/mol. The molecule has 20 heavy (non-hydrogen) atoms. The van der Waals surface area contributed by atoms with Gasteiger partial charge < -0.3 is 10.6 Å². The lowest BCUT2D eigenvalue weighted by atomic mass is 10.2. The number of hydrogen-bond acceptors (Lipinski definition) is 3. The van der Waals surface area contributed by atoms with E-state index in [-0.39, 0.29) is 11.7 Å². The second-order valence-corrected chi connectivity index (χ2v) is 4.80. The second-order valence-electron chi connectivity index (χ2n) is 4.80. The van der Waals surface area contributed by atoms with Crippen molar-refractivity contribution in [3.8, 4) is 0 Å². The third kappa shape index (κ3) is 4.71. The summed E-state index contributed by atoms with van der Waals surface area (Å²) in [4.78, 5) is 15.2. The molecule has 0 unspecified atom stereocenters. The second kappa shape index (κ2) is 6.11. The fraction of sp³-hybridized carbons (Fsp3) is 0.538. The number of nitrogens with zero attached hydrogens (tertiary/aromatic N) is 1. The summed E-state index contributed by atoms with van der Waals surface area (Å²) < 4.78 is 37.4. The van der Waals surface area contributed by atoms with Crippen LogP contribution in [-0.2, 0) is 11.0 Å². The van der Waals surface area contributed by atoms with Gasteiger partial charge in [-0.2, -0.15) is 13.2 Å². The first-order valence-electron chi connectivity index (χ1n) is 6.51. The molecular formula is C13H16F3N3O. The highest BCUT2D eigenvalue weighted by molar-refractivity contribution is 5.76. The summed E-state index contributed by atoms with van der Waals surface area (Å²) in [6, 6.07) is 2.22. The predicted octanol–water partition coefficient (Wildman–Crippen LogP) is 2.57. The summed E-state index contributed by atoms with van der Waals surface area (Å²) in [6.45, 7) is 0.409. The van der Waals surface area contributed by atoms with Gasteiger partial charge in [-0.1, -0.05) is 0 Å². The number of carbonyl (C=O) groups excluding carboxylic acids is 1. The molecule has 0 atom stereocenters. The molecule has 110 valence electrons. The molecule has 1 fully saturated rings. The van der Waals surface area contributed by atoms with Crippen LogP contribution < -0.4 is 10.6 Å². The van der Waals surface area contributed by atoms with Crippen LogP contribution in [0.3, 0.4) is 0 Å². The predicted molar refractivity (Wildman–Crippen MR) is 68.1 cm³/mol. The van der Waals surface area contributed by atoms with Crippen molar-refractivity contribution in [1.82, 2.24) is 10.3 Å². The summed E-state index contributed by atoms with van der Waals surface area (Å²) in [5.41, 5.74) is -0.735. The van der Waals surface area contributed by atoms with Gasteiger partial charge in [0.25, 0.3) is 0 Å². The van der Waals surface area contributed by atoms with Gasteiger partial charge in [0.05, 0.1) is 5.56 Å². The van der Waals surface area contributed by atoms with E-state index < -0.39 is 11.7 Å². The maximum Gasteiger partial charge on any atom is 0.416 e. The van der Waals surface area contributed by atoms with Crippen LogP contribution in [0.5, 0.6) is 0 Å². The maximum absolute atomic E-state index is 12.5. The molecule has 4 nitrogen and oxygen atoms in total. The fourth-order valence-electron chi connectivity index (χ4n) is 1.70. The Morgan fingerprint density at radius 2 is 2.15 bits per heavy atom. The van der Waals surface area contributed by atoms with Gasteiger partial charge in [0, 0.05) is 25.2 Å². The third-order valence-corrected chi connectivity index (χ3v) is 2.92. The molecule has 1 aliphatic rings. The number of carbonyl (C=O) groups is 1. The summed E-state index contributed by atoms with van der Waals surface area (Å²) in [7, 11) is 0. The van der Waals surface area contributed by atoms with Crippen molar-refractivity contribution in [2.75, 3.05) is 11.9 Å². The van der Waals surface area contributed by atoms with Gasteiger partial charge in [-0.3, -0.25) is 4.79 Å². The van der Waals surface area contributed by atoms with Crippen LogP contribution >= 0.6 is 0 Å². The van der Waals surface area contributed by atoms with Crippen LogP contribution in [-0.4, -0.2) is 23.5 Å². The number of nitrogens with one attached hydrogen (secondary N) is 2. The molecule has 2 N–H and O–H groups in total. The molecule has 7 heteroatoms. The molecule has 0 saturated heterocycles. The average molecular weight is 287 g/mol. The fourth-order valence-corrected chi connectivity index (χ4v) is 1.70. The van der Waals surface area contributed by atoms with E-state index in [0.717, 1.165) is 31.2 Å². The standard InChI is InChI=1S/C13H16F3N3O/c14-13(15,16)9-5-7-18-11(8-9)17-6-1-2-12(20)19-10-3-4-10/h5,7-8,10H,1-4,6H2,(H,17,18)(H,19,20). The number of pyridine rings is 1. The molecule has 1 aliphatic carbocycles. The van der Waals surface area contributed by atoms with Crippen LogP contribution in [0.25, 0.3) is 0 Å². The Kier molecular flexibility index (Phi) is 4.46. The number of aromatic nitrogens is 1. The Morgan fingerprint density at radius 1 is 1.40 bits per heavy atom. The highest BCUT2D eigenvalue weighted by atomic mass is 19.4. The Balaban J connectivity index is 1.72. The van der Waals surface area contributed by atoms with E-state index in [2.05, 4.69) is 15.6 Å². The van der Waals surface area contributed by atoms with Crippen molar-refractivity contribution in [2.24, 2.45) is 0 Å². The van der Waals surface area contributed by atoms with Crippen molar-refractivity contribution in [2.45, 2.75) is 37.9 Å². The topological polar surface area (TPSA) is 54.0 Å². The molecule has 1 saturated carbocycles. The molecule has 0 aromatic carbocycles. The van der Waals surface area contributed by atoms with Crippen molar-refractivity contribution in [3.63, 3.8) is 0 Å². The number of hydrogen-bond donors (Lipinski definition) is 2. The maximum atomic E-state index is 12.5. The Morgan fingerprint density at radius 3 is 2.80 bits per heavy atom. The zero-order chi connectivity index (χ0) is 14.6.